The van der Waals surface area contributed by atoms with Crippen molar-refractivity contribution < 1.29 is 114 Å². The molecule has 2 heterocycles. The first-order valence-corrected chi connectivity index (χ1v) is 9.20. The molecule has 0 aromatic carbocycles. The number of carbonyl (C=O) groups is 4. The van der Waals surface area contributed by atoms with E-state index < -0.39 is 56.4 Å². The summed E-state index contributed by atoms with van der Waals surface area (Å²) in [6, 6.07) is -2.56. The van der Waals surface area contributed by atoms with Gasteiger partial charge in [0.25, 0.3) is 0 Å². The Hall–Kier alpha value is -0.300. The summed E-state index contributed by atoms with van der Waals surface area (Å²) in [4.78, 5) is 42.8. The molecule has 0 N–H and O–H groups in total. The van der Waals surface area contributed by atoms with Crippen LogP contribution in [0.4, 0.5) is 0 Å². The maximum atomic E-state index is 10.8. The van der Waals surface area contributed by atoms with Gasteiger partial charge in [0.2, 0.25) is 11.8 Å². The fourth-order valence-electron chi connectivity index (χ4n) is 1.99. The quantitative estimate of drug-likeness (QED) is 0.165. The number of nitrogens with zero attached hydrogens (tertiary/aromatic N) is 2. The molecule has 0 aromatic heterocycles. The monoisotopic (exact) mass is 462 g/mol. The first-order chi connectivity index (χ1) is 11.8. The van der Waals surface area contributed by atoms with Crippen LogP contribution in [0.25, 0.3) is 0 Å². The van der Waals surface area contributed by atoms with Crippen molar-refractivity contribution in [3.05, 3.63) is 0 Å². The van der Waals surface area contributed by atoms with Crippen molar-refractivity contribution in [3.63, 3.8) is 0 Å². The van der Waals surface area contributed by atoms with Gasteiger partial charge in [-0.3, -0.25) is 9.59 Å². The molecule has 2 aliphatic heterocycles. The number of esters is 2. The number of carbonyl (C=O) groups excluding carboxylic acids is 4. The minimum absolute atomic E-state index is 0. The topological polar surface area (TPSA) is 208 Å². The van der Waals surface area contributed by atoms with E-state index in [1.165, 1.54) is 0 Å². The molecule has 2 rings (SSSR count). The number of ether oxygens (including phenoxy) is 2. The van der Waals surface area contributed by atoms with E-state index in [-0.39, 0.29) is 80.6 Å². The van der Waals surface area contributed by atoms with E-state index in [0.29, 0.717) is 0 Å². The fraction of sp³-hybridized carbons (Fsp3) is 0.600. The molecule has 2 aliphatic rings. The number of β-lactam (4-membered cyclic amide) rings is 2. The molecule has 0 bridgehead atoms. The Morgan fingerprint density at radius 1 is 0.821 bits per heavy atom. The zero-order valence-electron chi connectivity index (χ0n) is 15.2. The van der Waals surface area contributed by atoms with Crippen LogP contribution in [0, 0.1) is 0 Å². The molecule has 0 aromatic rings. The molecule has 2 fully saturated rings. The van der Waals surface area contributed by atoms with Gasteiger partial charge in [-0.05, 0) is 0 Å². The number of amides is 2. The van der Waals surface area contributed by atoms with Crippen molar-refractivity contribution >= 4 is 44.4 Å². The fourth-order valence-corrected chi connectivity index (χ4v) is 3.58. The SMILES string of the molecule is COC(=O)C1CC(=O)N1S(=O)(=O)[O-].COC(=O)C1CC(=O)N1S(=O)(=O)[O-].[Na+].[Na+]. The summed E-state index contributed by atoms with van der Waals surface area (Å²) in [5.74, 6) is -3.58. The van der Waals surface area contributed by atoms with Crippen LogP contribution in [0.2, 0.25) is 0 Å². The van der Waals surface area contributed by atoms with E-state index in [1.807, 2.05) is 0 Å². The van der Waals surface area contributed by atoms with Gasteiger partial charge in [0.05, 0.1) is 27.1 Å². The van der Waals surface area contributed by atoms with Gasteiger partial charge in [-0.25, -0.2) is 35.0 Å². The molecule has 18 heteroatoms. The minimum atomic E-state index is -4.89. The van der Waals surface area contributed by atoms with Gasteiger partial charge in [0, 0.05) is 0 Å². The van der Waals surface area contributed by atoms with Gasteiger partial charge < -0.3 is 18.6 Å². The Morgan fingerprint density at radius 2 is 1.07 bits per heavy atom. The van der Waals surface area contributed by atoms with Crippen molar-refractivity contribution in [1.29, 1.82) is 0 Å². The summed E-state index contributed by atoms with van der Waals surface area (Å²) in [5, 5.41) is 0. The summed E-state index contributed by atoms with van der Waals surface area (Å²) in [7, 11) is -7.69. The van der Waals surface area contributed by atoms with Gasteiger partial charge in [-0.15, -0.1) is 0 Å². The molecule has 2 saturated heterocycles. The molecule has 2 amide bonds. The van der Waals surface area contributed by atoms with Crippen LogP contribution in [0.5, 0.6) is 0 Å². The zero-order chi connectivity index (χ0) is 20.4. The smallest absolute Gasteiger partial charge is 0.731 e. The Kier molecular flexibility index (Phi) is 11.9. The normalized spacial score (nSPS) is 20.9. The summed E-state index contributed by atoms with van der Waals surface area (Å²) in [5.41, 5.74) is 0. The summed E-state index contributed by atoms with van der Waals surface area (Å²) in [6.07, 6.45) is -0.595. The van der Waals surface area contributed by atoms with Crippen molar-refractivity contribution in [3.8, 4) is 0 Å². The summed E-state index contributed by atoms with van der Waals surface area (Å²) < 4.78 is 70.7. The van der Waals surface area contributed by atoms with Crippen molar-refractivity contribution in [2.24, 2.45) is 0 Å². The Labute approximate surface area is 204 Å². The molecule has 148 valence electrons. The van der Waals surface area contributed by atoms with E-state index in [2.05, 4.69) is 9.47 Å². The van der Waals surface area contributed by atoms with Crippen molar-refractivity contribution in [2.45, 2.75) is 24.9 Å². The number of hydrogen-bond donors (Lipinski definition) is 0. The van der Waals surface area contributed by atoms with E-state index in [1.54, 1.807) is 0 Å². The van der Waals surface area contributed by atoms with E-state index in [0.717, 1.165) is 14.2 Å². The molecular formula is C10H12N2Na2O12S2. The van der Waals surface area contributed by atoms with Gasteiger partial charge in [0.1, 0.15) is 0 Å². The second-order valence-corrected chi connectivity index (χ2v) is 7.28. The molecule has 14 nitrogen and oxygen atoms in total. The third-order valence-corrected chi connectivity index (χ3v) is 5.10. The van der Waals surface area contributed by atoms with E-state index in [4.69, 9.17) is 0 Å². The van der Waals surface area contributed by atoms with Crippen LogP contribution >= 0.6 is 0 Å². The molecule has 28 heavy (non-hydrogen) atoms. The van der Waals surface area contributed by atoms with Crippen molar-refractivity contribution in [2.75, 3.05) is 14.2 Å². The molecule has 0 saturated carbocycles. The average molecular weight is 462 g/mol. The Morgan fingerprint density at radius 3 is 1.21 bits per heavy atom. The van der Waals surface area contributed by atoms with E-state index in [9.17, 15) is 45.1 Å². The third kappa shape index (κ3) is 6.89. The first-order valence-electron chi connectivity index (χ1n) is 6.47. The zero-order valence-corrected chi connectivity index (χ0v) is 20.8. The second kappa shape index (κ2) is 11.2. The predicted octanol–water partition coefficient (Wildman–Crippen LogP) is -9.55. The first kappa shape index (κ1) is 29.9. The van der Waals surface area contributed by atoms with Gasteiger partial charge >= 0.3 is 71.1 Å². The summed E-state index contributed by atoms with van der Waals surface area (Å²) in [6.45, 7) is 0. The molecule has 2 atom stereocenters. The van der Waals surface area contributed by atoms with Crippen molar-refractivity contribution in [1.82, 2.24) is 8.61 Å². The maximum Gasteiger partial charge on any atom is 1.00 e. The van der Waals surface area contributed by atoms with Crippen LogP contribution in [-0.2, 0) is 49.3 Å². The Balaban J connectivity index is 0. The number of methoxy groups -OCH3 is 2. The maximum absolute atomic E-state index is 10.8. The van der Waals surface area contributed by atoms with Gasteiger partial charge in [0.15, 0.2) is 32.7 Å². The van der Waals surface area contributed by atoms with Crippen LogP contribution in [0.1, 0.15) is 12.8 Å². The minimum Gasteiger partial charge on any atom is -0.731 e. The number of rotatable bonds is 4. The van der Waals surface area contributed by atoms with Crippen LogP contribution < -0.4 is 59.1 Å². The third-order valence-electron chi connectivity index (χ3n) is 3.22. The summed E-state index contributed by atoms with van der Waals surface area (Å²) >= 11 is 0. The van der Waals surface area contributed by atoms with Crippen LogP contribution in [0.15, 0.2) is 0 Å². The predicted molar refractivity (Wildman–Crippen MR) is 73.9 cm³/mol. The largest absolute Gasteiger partial charge is 1.00 e. The molecule has 0 aliphatic carbocycles. The molecular weight excluding hydrogens is 450 g/mol. The molecule has 0 radical (unpaired) electrons. The molecule has 0 spiro atoms. The van der Waals surface area contributed by atoms with Gasteiger partial charge in [-0.1, -0.05) is 0 Å². The van der Waals surface area contributed by atoms with Crippen LogP contribution in [0.3, 0.4) is 0 Å². The number of hydrogen-bond acceptors (Lipinski definition) is 12. The van der Waals surface area contributed by atoms with E-state index >= 15 is 0 Å². The standard InChI is InChI=1S/2C5H7NO6S.2Na/c2*1-12-5(8)3-2-4(7)6(3)13(9,10)11;;/h2*3H,2H2,1H3,(H,9,10,11);;/q;;2*+1/p-2. The van der Waals surface area contributed by atoms with Crippen LogP contribution in [-0.4, -0.2) is 84.6 Å². The van der Waals surface area contributed by atoms with Gasteiger partial charge in [-0.2, -0.15) is 0 Å². The second-order valence-electron chi connectivity index (χ2n) is 4.78. The molecule has 2 unspecified atom stereocenters. The Bertz CT molecular complexity index is 772. The average Bonchev–Trinajstić information content (AvgIpc) is 2.45.